The zero-order chi connectivity index (χ0) is 9.19. The molecule has 0 aliphatic heterocycles. The zero-order valence-corrected chi connectivity index (χ0v) is 7.13. The number of hydrogen-bond acceptors (Lipinski definition) is 4. The number of nitrogens with two attached hydrogens (primary N) is 1. The fourth-order valence-electron chi connectivity index (χ4n) is 1.44. The van der Waals surface area contributed by atoms with Gasteiger partial charge >= 0.3 is 11.9 Å². The van der Waals surface area contributed by atoms with Crippen molar-refractivity contribution in [3.8, 4) is 0 Å². The summed E-state index contributed by atoms with van der Waals surface area (Å²) in [5.74, 6) is -1.16. The topological polar surface area (TPSA) is 69.4 Å². The van der Waals surface area contributed by atoms with E-state index in [9.17, 15) is 9.59 Å². The molecule has 0 radical (unpaired) electrons. The molecule has 1 fully saturated rings. The lowest BCUT2D eigenvalue weighted by Gasteiger charge is -2.19. The van der Waals surface area contributed by atoms with Crippen molar-refractivity contribution in [2.24, 2.45) is 5.73 Å². The summed E-state index contributed by atoms with van der Waals surface area (Å²) in [7, 11) is 0. The minimum Gasteiger partial charge on any atom is -0.392 e. The molecule has 1 rings (SSSR count). The van der Waals surface area contributed by atoms with Crippen LogP contribution >= 0.6 is 0 Å². The van der Waals surface area contributed by atoms with Crippen LogP contribution in [0.1, 0.15) is 32.6 Å². The van der Waals surface area contributed by atoms with E-state index in [1.54, 1.807) is 0 Å². The maximum absolute atomic E-state index is 11.2. The van der Waals surface area contributed by atoms with E-state index in [4.69, 9.17) is 5.73 Å². The van der Waals surface area contributed by atoms with E-state index >= 15 is 0 Å². The Morgan fingerprint density at radius 3 is 2.25 bits per heavy atom. The lowest BCUT2D eigenvalue weighted by Crippen LogP contribution is -2.46. The lowest BCUT2D eigenvalue weighted by molar-refractivity contribution is -0.162. The Bertz CT molecular complexity index is 206. The Labute approximate surface area is 71.1 Å². The van der Waals surface area contributed by atoms with Gasteiger partial charge < -0.3 is 10.5 Å². The Balaban J connectivity index is 2.56. The first-order chi connectivity index (χ1) is 5.54. The van der Waals surface area contributed by atoms with Crippen molar-refractivity contribution in [3.63, 3.8) is 0 Å². The molecular formula is C8H13NO3. The van der Waals surface area contributed by atoms with Crippen molar-refractivity contribution in [1.82, 2.24) is 0 Å². The maximum Gasteiger partial charge on any atom is 0.333 e. The second kappa shape index (κ2) is 3.23. The molecule has 1 aliphatic rings. The van der Waals surface area contributed by atoms with Crippen molar-refractivity contribution in [1.29, 1.82) is 0 Å². The van der Waals surface area contributed by atoms with Crippen LogP contribution in [0.2, 0.25) is 0 Å². The fraction of sp³-hybridized carbons (Fsp3) is 0.750. The highest BCUT2D eigenvalue weighted by Gasteiger charge is 2.39. The van der Waals surface area contributed by atoms with E-state index in [0.29, 0.717) is 12.8 Å². The molecule has 0 spiro atoms. The van der Waals surface area contributed by atoms with Gasteiger partial charge in [-0.3, -0.25) is 4.79 Å². The van der Waals surface area contributed by atoms with Gasteiger partial charge in [0.05, 0.1) is 0 Å². The van der Waals surface area contributed by atoms with Crippen LogP contribution in [0.5, 0.6) is 0 Å². The molecule has 1 saturated carbocycles. The highest BCUT2D eigenvalue weighted by Crippen LogP contribution is 2.28. The molecule has 1 aliphatic carbocycles. The van der Waals surface area contributed by atoms with Gasteiger partial charge in [-0.05, 0) is 12.8 Å². The smallest absolute Gasteiger partial charge is 0.333 e. The molecular weight excluding hydrogens is 158 g/mol. The molecule has 0 aromatic carbocycles. The molecule has 0 atom stereocenters. The number of hydrogen-bond donors (Lipinski definition) is 1. The van der Waals surface area contributed by atoms with Gasteiger partial charge in [-0.1, -0.05) is 12.8 Å². The Morgan fingerprint density at radius 2 is 1.83 bits per heavy atom. The van der Waals surface area contributed by atoms with Crippen molar-refractivity contribution in [3.05, 3.63) is 0 Å². The summed E-state index contributed by atoms with van der Waals surface area (Å²) in [5.41, 5.74) is 4.83. The van der Waals surface area contributed by atoms with Crippen molar-refractivity contribution < 1.29 is 14.3 Å². The first-order valence-electron chi connectivity index (χ1n) is 4.06. The van der Waals surface area contributed by atoms with Crippen LogP contribution in [0, 0.1) is 0 Å². The SMILES string of the molecule is CC(=O)OC(=O)C1(N)CCCC1. The van der Waals surface area contributed by atoms with Crippen LogP contribution in [-0.2, 0) is 14.3 Å². The molecule has 4 nitrogen and oxygen atoms in total. The van der Waals surface area contributed by atoms with Gasteiger partial charge in [-0.2, -0.15) is 0 Å². The fourth-order valence-corrected chi connectivity index (χ4v) is 1.44. The summed E-state index contributed by atoms with van der Waals surface area (Å²) in [5, 5.41) is 0. The minimum absolute atomic E-state index is 0.576. The van der Waals surface area contributed by atoms with E-state index in [2.05, 4.69) is 4.74 Å². The van der Waals surface area contributed by atoms with E-state index < -0.39 is 17.5 Å². The molecule has 4 heteroatoms. The van der Waals surface area contributed by atoms with Crippen molar-refractivity contribution >= 4 is 11.9 Å². The average molecular weight is 171 g/mol. The van der Waals surface area contributed by atoms with E-state index in [1.165, 1.54) is 6.92 Å². The number of carbonyl (C=O) groups excluding carboxylic acids is 2. The lowest BCUT2D eigenvalue weighted by atomic mass is 10.00. The zero-order valence-electron chi connectivity index (χ0n) is 7.13. The molecule has 0 bridgehead atoms. The molecule has 0 amide bonds. The molecule has 0 saturated heterocycles. The van der Waals surface area contributed by atoms with Crippen LogP contribution in [0.3, 0.4) is 0 Å². The molecule has 0 heterocycles. The standard InChI is InChI=1S/C8H13NO3/c1-6(10)12-7(11)8(9)4-2-3-5-8/h2-5,9H2,1H3. The monoisotopic (exact) mass is 171 g/mol. The highest BCUT2D eigenvalue weighted by atomic mass is 16.6. The average Bonchev–Trinajstić information content (AvgIpc) is 2.36. The Hall–Kier alpha value is -0.900. The van der Waals surface area contributed by atoms with Crippen molar-refractivity contribution in [2.45, 2.75) is 38.1 Å². The second-order valence-electron chi connectivity index (χ2n) is 3.24. The Kier molecular flexibility index (Phi) is 2.47. The third-order valence-corrected chi connectivity index (χ3v) is 2.14. The molecule has 0 unspecified atom stereocenters. The van der Waals surface area contributed by atoms with Gasteiger partial charge in [0.2, 0.25) is 0 Å². The first-order valence-corrected chi connectivity index (χ1v) is 4.06. The van der Waals surface area contributed by atoms with Crippen molar-refractivity contribution in [2.75, 3.05) is 0 Å². The van der Waals surface area contributed by atoms with Gasteiger partial charge in [0.1, 0.15) is 5.54 Å². The number of carbonyl (C=O) groups is 2. The van der Waals surface area contributed by atoms with Crippen LogP contribution in [0.25, 0.3) is 0 Å². The van der Waals surface area contributed by atoms with Gasteiger partial charge in [0, 0.05) is 6.92 Å². The van der Waals surface area contributed by atoms with Crippen LogP contribution < -0.4 is 5.73 Å². The summed E-state index contributed by atoms with van der Waals surface area (Å²) in [4.78, 5) is 21.7. The molecule has 2 N–H and O–H groups in total. The number of esters is 2. The predicted octanol–water partition coefficient (Wildman–Crippen LogP) is 0.348. The van der Waals surface area contributed by atoms with Gasteiger partial charge in [-0.15, -0.1) is 0 Å². The van der Waals surface area contributed by atoms with E-state index in [0.717, 1.165) is 12.8 Å². The number of rotatable bonds is 1. The van der Waals surface area contributed by atoms with Gasteiger partial charge in [0.15, 0.2) is 0 Å². The second-order valence-corrected chi connectivity index (χ2v) is 3.24. The van der Waals surface area contributed by atoms with Gasteiger partial charge in [0.25, 0.3) is 0 Å². The number of ether oxygens (including phenoxy) is 1. The summed E-state index contributed by atoms with van der Waals surface area (Å²) in [6, 6.07) is 0. The normalized spacial score (nSPS) is 20.5. The third kappa shape index (κ3) is 1.82. The largest absolute Gasteiger partial charge is 0.392 e. The molecule has 12 heavy (non-hydrogen) atoms. The quantitative estimate of drug-likeness (QED) is 0.456. The van der Waals surface area contributed by atoms with Crippen LogP contribution in [0.15, 0.2) is 0 Å². The van der Waals surface area contributed by atoms with Crippen LogP contribution in [0.4, 0.5) is 0 Å². The first kappa shape index (κ1) is 9.19. The summed E-state index contributed by atoms with van der Waals surface area (Å²) >= 11 is 0. The summed E-state index contributed by atoms with van der Waals surface area (Å²) < 4.78 is 4.43. The molecule has 68 valence electrons. The molecule has 0 aromatic heterocycles. The molecule has 0 aromatic rings. The highest BCUT2D eigenvalue weighted by molar-refractivity contribution is 5.90. The van der Waals surface area contributed by atoms with E-state index in [1.807, 2.05) is 0 Å². The van der Waals surface area contributed by atoms with Crippen LogP contribution in [-0.4, -0.2) is 17.5 Å². The summed E-state index contributed by atoms with van der Waals surface area (Å²) in [6.07, 6.45) is 3.12. The third-order valence-electron chi connectivity index (χ3n) is 2.14. The maximum atomic E-state index is 11.2. The minimum atomic E-state index is -0.897. The predicted molar refractivity (Wildman–Crippen MR) is 42.2 cm³/mol. The Morgan fingerprint density at radius 1 is 1.33 bits per heavy atom. The van der Waals surface area contributed by atoms with E-state index in [-0.39, 0.29) is 0 Å². The summed E-state index contributed by atoms with van der Waals surface area (Å²) in [6.45, 7) is 1.20. The van der Waals surface area contributed by atoms with Gasteiger partial charge in [-0.25, -0.2) is 4.79 Å².